The molecular weight excluding hydrogens is 280 g/mol. The van der Waals surface area contributed by atoms with Crippen LogP contribution in [0.15, 0.2) is 24.3 Å². The number of hydrogen-bond donors (Lipinski definition) is 0. The Balaban J connectivity index is 1.52. The molecule has 3 rings (SSSR count). The highest BCUT2D eigenvalue weighted by Crippen LogP contribution is 2.18. The summed E-state index contributed by atoms with van der Waals surface area (Å²) in [6, 6.07) is 7.93. The van der Waals surface area contributed by atoms with Crippen LogP contribution in [0.4, 0.5) is 0 Å². The number of rotatable bonds is 5. The second kappa shape index (κ2) is 7.11. The molecule has 120 valence electrons. The molecule has 5 nitrogen and oxygen atoms in total. The largest absolute Gasteiger partial charge is 0.497 e. The quantitative estimate of drug-likeness (QED) is 0.824. The first-order chi connectivity index (χ1) is 10.7. The predicted molar refractivity (Wildman–Crippen MR) is 83.8 cm³/mol. The van der Waals surface area contributed by atoms with Crippen molar-refractivity contribution in [1.29, 1.82) is 0 Å². The van der Waals surface area contributed by atoms with Gasteiger partial charge >= 0.3 is 0 Å². The highest BCUT2D eigenvalue weighted by molar-refractivity contribution is 5.79. The minimum absolute atomic E-state index is 0.216. The number of carbonyl (C=O) groups is 1. The van der Waals surface area contributed by atoms with Crippen LogP contribution in [0.25, 0.3) is 0 Å². The van der Waals surface area contributed by atoms with Crippen molar-refractivity contribution in [2.45, 2.75) is 13.0 Å². The zero-order valence-corrected chi connectivity index (χ0v) is 13.2. The summed E-state index contributed by atoms with van der Waals surface area (Å²) in [5.74, 6) is 1.65. The van der Waals surface area contributed by atoms with Crippen LogP contribution < -0.4 is 4.74 Å². The minimum Gasteiger partial charge on any atom is -0.497 e. The van der Waals surface area contributed by atoms with Crippen molar-refractivity contribution in [3.63, 3.8) is 0 Å². The Bertz CT molecular complexity index is 514. The van der Waals surface area contributed by atoms with E-state index in [1.54, 1.807) is 7.11 Å². The summed E-state index contributed by atoms with van der Waals surface area (Å²) in [4.78, 5) is 16.6. The van der Waals surface area contributed by atoms with Crippen LogP contribution in [-0.2, 0) is 16.1 Å². The average molecular weight is 304 g/mol. The molecule has 0 bridgehead atoms. The van der Waals surface area contributed by atoms with Crippen molar-refractivity contribution >= 4 is 5.91 Å². The van der Waals surface area contributed by atoms with Gasteiger partial charge < -0.3 is 14.4 Å². The van der Waals surface area contributed by atoms with Gasteiger partial charge in [0.1, 0.15) is 5.75 Å². The maximum Gasteiger partial charge on any atom is 0.237 e. The Kier molecular flexibility index (Phi) is 4.95. The SMILES string of the molecule is COc1cccc(CN2CCN(CC3CCOC3)CC2=O)c1. The van der Waals surface area contributed by atoms with Crippen LogP contribution in [0, 0.1) is 5.92 Å². The van der Waals surface area contributed by atoms with Crippen molar-refractivity contribution in [2.24, 2.45) is 5.92 Å². The van der Waals surface area contributed by atoms with Gasteiger partial charge in [0, 0.05) is 32.8 Å². The third-order valence-electron chi connectivity index (χ3n) is 4.45. The highest BCUT2D eigenvalue weighted by atomic mass is 16.5. The number of carbonyl (C=O) groups excluding carboxylic acids is 1. The predicted octanol–water partition coefficient (Wildman–Crippen LogP) is 1.38. The van der Waals surface area contributed by atoms with Gasteiger partial charge in [-0.2, -0.15) is 0 Å². The van der Waals surface area contributed by atoms with E-state index in [2.05, 4.69) is 4.90 Å². The lowest BCUT2D eigenvalue weighted by Gasteiger charge is -2.35. The second-order valence-corrected chi connectivity index (χ2v) is 6.13. The Morgan fingerprint density at radius 3 is 3.00 bits per heavy atom. The molecule has 0 radical (unpaired) electrons. The summed E-state index contributed by atoms with van der Waals surface area (Å²) < 4.78 is 10.7. The van der Waals surface area contributed by atoms with Crippen LogP contribution in [0.1, 0.15) is 12.0 Å². The van der Waals surface area contributed by atoms with Gasteiger partial charge in [-0.1, -0.05) is 12.1 Å². The maximum absolute atomic E-state index is 12.4. The highest BCUT2D eigenvalue weighted by Gasteiger charge is 2.27. The first-order valence-electron chi connectivity index (χ1n) is 7.95. The number of benzene rings is 1. The maximum atomic E-state index is 12.4. The Morgan fingerprint density at radius 2 is 2.27 bits per heavy atom. The van der Waals surface area contributed by atoms with Crippen LogP contribution in [0.3, 0.4) is 0 Å². The van der Waals surface area contributed by atoms with E-state index in [0.29, 0.717) is 19.0 Å². The fraction of sp³-hybridized carbons (Fsp3) is 0.588. The van der Waals surface area contributed by atoms with E-state index in [1.807, 2.05) is 29.2 Å². The van der Waals surface area contributed by atoms with Gasteiger partial charge in [0.2, 0.25) is 5.91 Å². The normalized spacial score (nSPS) is 23.0. The van der Waals surface area contributed by atoms with E-state index in [1.165, 1.54) is 0 Å². The third kappa shape index (κ3) is 3.78. The molecule has 1 atom stereocenters. The zero-order chi connectivity index (χ0) is 15.4. The zero-order valence-electron chi connectivity index (χ0n) is 13.2. The molecule has 0 N–H and O–H groups in total. The van der Waals surface area contributed by atoms with Gasteiger partial charge in [-0.15, -0.1) is 0 Å². The third-order valence-corrected chi connectivity index (χ3v) is 4.45. The van der Waals surface area contributed by atoms with Crippen LogP contribution in [-0.4, -0.2) is 62.2 Å². The lowest BCUT2D eigenvalue weighted by atomic mass is 10.1. The molecule has 2 saturated heterocycles. The van der Waals surface area contributed by atoms with Gasteiger partial charge in [0.15, 0.2) is 0 Å². The molecule has 1 amide bonds. The Morgan fingerprint density at radius 1 is 1.36 bits per heavy atom. The lowest BCUT2D eigenvalue weighted by molar-refractivity contribution is -0.136. The molecule has 22 heavy (non-hydrogen) atoms. The fourth-order valence-corrected chi connectivity index (χ4v) is 3.16. The molecule has 0 aromatic heterocycles. The summed E-state index contributed by atoms with van der Waals surface area (Å²) >= 11 is 0. The monoisotopic (exact) mass is 304 g/mol. The van der Waals surface area contributed by atoms with Gasteiger partial charge in [-0.05, 0) is 30.0 Å². The number of ether oxygens (including phenoxy) is 2. The van der Waals surface area contributed by atoms with E-state index in [0.717, 1.165) is 50.6 Å². The molecule has 2 aliphatic rings. The van der Waals surface area contributed by atoms with Crippen LogP contribution in [0.2, 0.25) is 0 Å². The van der Waals surface area contributed by atoms with E-state index in [9.17, 15) is 4.79 Å². The smallest absolute Gasteiger partial charge is 0.237 e. The van der Waals surface area contributed by atoms with Crippen LogP contribution in [0.5, 0.6) is 5.75 Å². The summed E-state index contributed by atoms with van der Waals surface area (Å²) in [5, 5.41) is 0. The van der Waals surface area contributed by atoms with Gasteiger partial charge in [0.05, 0.1) is 20.3 Å². The van der Waals surface area contributed by atoms with E-state index >= 15 is 0 Å². The molecular formula is C17H24N2O3. The standard InChI is InChI=1S/C17H24N2O3/c1-21-16-4-2-3-14(9-16)11-19-7-6-18(12-17(19)20)10-15-5-8-22-13-15/h2-4,9,15H,5-8,10-13H2,1H3. The molecule has 0 spiro atoms. The molecule has 2 fully saturated rings. The van der Waals surface area contributed by atoms with Gasteiger partial charge in [0.25, 0.3) is 0 Å². The van der Waals surface area contributed by atoms with Crippen molar-refractivity contribution < 1.29 is 14.3 Å². The number of nitrogens with zero attached hydrogens (tertiary/aromatic N) is 2. The Hall–Kier alpha value is -1.59. The molecule has 0 aliphatic carbocycles. The molecule has 2 aliphatic heterocycles. The summed E-state index contributed by atoms with van der Waals surface area (Å²) in [7, 11) is 1.66. The fourth-order valence-electron chi connectivity index (χ4n) is 3.16. The van der Waals surface area contributed by atoms with Crippen molar-refractivity contribution in [1.82, 2.24) is 9.80 Å². The van der Waals surface area contributed by atoms with E-state index in [4.69, 9.17) is 9.47 Å². The number of piperazine rings is 1. The first-order valence-corrected chi connectivity index (χ1v) is 7.95. The van der Waals surface area contributed by atoms with Crippen molar-refractivity contribution in [3.8, 4) is 5.75 Å². The molecule has 5 heteroatoms. The van der Waals surface area contributed by atoms with Crippen molar-refractivity contribution in [2.75, 3.05) is 46.5 Å². The Labute approximate surface area is 131 Å². The molecule has 2 heterocycles. The summed E-state index contributed by atoms with van der Waals surface area (Å²) in [6.07, 6.45) is 1.12. The van der Waals surface area contributed by atoms with Crippen molar-refractivity contribution in [3.05, 3.63) is 29.8 Å². The minimum atomic E-state index is 0.216. The lowest BCUT2D eigenvalue weighted by Crippen LogP contribution is -2.51. The molecule has 0 saturated carbocycles. The van der Waals surface area contributed by atoms with E-state index in [-0.39, 0.29) is 5.91 Å². The molecule has 1 aromatic rings. The summed E-state index contributed by atoms with van der Waals surface area (Å²) in [6.45, 7) is 5.64. The first kappa shape index (κ1) is 15.3. The van der Waals surface area contributed by atoms with Gasteiger partial charge in [-0.3, -0.25) is 9.69 Å². The average Bonchev–Trinajstić information content (AvgIpc) is 3.03. The molecule has 1 unspecified atom stereocenters. The molecule has 1 aromatic carbocycles. The number of hydrogen-bond acceptors (Lipinski definition) is 4. The second-order valence-electron chi connectivity index (χ2n) is 6.13. The van der Waals surface area contributed by atoms with E-state index < -0.39 is 0 Å². The topological polar surface area (TPSA) is 42.0 Å². The number of methoxy groups -OCH3 is 1. The summed E-state index contributed by atoms with van der Waals surface area (Å²) in [5.41, 5.74) is 1.12. The van der Waals surface area contributed by atoms with Crippen LogP contribution >= 0.6 is 0 Å². The van der Waals surface area contributed by atoms with Gasteiger partial charge in [-0.25, -0.2) is 0 Å². The number of amides is 1.